The van der Waals surface area contributed by atoms with Gasteiger partial charge in [-0.25, -0.2) is 4.98 Å². The summed E-state index contributed by atoms with van der Waals surface area (Å²) in [4.78, 5) is 32.3. The number of thioether (sulfide) groups is 1. The fourth-order valence-electron chi connectivity index (χ4n) is 3.57. The molecule has 1 aromatic carbocycles. The van der Waals surface area contributed by atoms with Gasteiger partial charge in [-0.1, -0.05) is 35.5 Å². The van der Waals surface area contributed by atoms with Gasteiger partial charge in [0.1, 0.15) is 4.83 Å². The molecule has 2 aromatic heterocycles. The molecule has 0 atom stereocenters. The molecule has 6 nitrogen and oxygen atoms in total. The van der Waals surface area contributed by atoms with Crippen LogP contribution >= 0.6 is 23.1 Å². The van der Waals surface area contributed by atoms with Gasteiger partial charge in [0.25, 0.3) is 5.56 Å². The van der Waals surface area contributed by atoms with E-state index >= 15 is 0 Å². The first-order chi connectivity index (χ1) is 14.8. The number of carbonyl (C=O) groups is 1. The molecule has 162 valence electrons. The number of rotatable bonds is 6. The van der Waals surface area contributed by atoms with Crippen LogP contribution in [0.2, 0.25) is 0 Å². The maximum atomic E-state index is 13.4. The summed E-state index contributed by atoms with van der Waals surface area (Å²) in [6, 6.07) is 7.64. The Balaban J connectivity index is 1.62. The number of anilines is 1. The van der Waals surface area contributed by atoms with Crippen molar-refractivity contribution in [2.45, 2.75) is 51.1 Å². The van der Waals surface area contributed by atoms with Crippen molar-refractivity contribution in [3.63, 3.8) is 0 Å². The maximum Gasteiger partial charge on any atom is 0.263 e. The van der Waals surface area contributed by atoms with Crippen LogP contribution in [0.25, 0.3) is 10.2 Å². The molecule has 1 amide bonds. The number of allylic oxidation sites excluding steroid dienone is 1. The number of nitrogens with one attached hydrogen (secondary N) is 1. The standard InChI is InChI=1S/C23H25N3O3S2/c1-5-10-26-21(28)19-16-11-23(3,4)29-12-17(16)31-20(19)25-22(26)30-13-18(27)24-15-8-6-14(2)7-9-15/h5-9H,1,10-13H2,2-4H3,(H,24,27). The monoisotopic (exact) mass is 455 g/mol. The van der Waals surface area contributed by atoms with Gasteiger partial charge in [0.05, 0.1) is 23.3 Å². The van der Waals surface area contributed by atoms with Crippen LogP contribution in [0.4, 0.5) is 5.69 Å². The molecule has 8 heteroatoms. The Morgan fingerprint density at radius 1 is 1.39 bits per heavy atom. The summed E-state index contributed by atoms with van der Waals surface area (Å²) in [6.07, 6.45) is 2.36. The largest absolute Gasteiger partial charge is 0.370 e. The number of ether oxygens (including phenoxy) is 1. The van der Waals surface area contributed by atoms with E-state index in [-0.39, 0.29) is 22.8 Å². The van der Waals surface area contributed by atoms with Crippen molar-refractivity contribution in [1.82, 2.24) is 9.55 Å². The molecule has 31 heavy (non-hydrogen) atoms. The second-order valence-electron chi connectivity index (χ2n) is 8.21. The lowest BCUT2D eigenvalue weighted by molar-refractivity contribution is -0.113. The molecule has 3 aromatic rings. The molecule has 0 radical (unpaired) electrons. The average molecular weight is 456 g/mol. The van der Waals surface area contributed by atoms with Crippen molar-refractivity contribution in [3.05, 3.63) is 63.3 Å². The topological polar surface area (TPSA) is 73.2 Å². The van der Waals surface area contributed by atoms with Gasteiger partial charge in [-0.05, 0) is 38.5 Å². The molecule has 0 unspecified atom stereocenters. The highest BCUT2D eigenvalue weighted by atomic mass is 32.2. The van der Waals surface area contributed by atoms with Crippen molar-refractivity contribution in [3.8, 4) is 0 Å². The van der Waals surface area contributed by atoms with Gasteiger partial charge in [-0.3, -0.25) is 14.2 Å². The SMILES string of the molecule is C=CCn1c(SCC(=O)Nc2ccc(C)cc2)nc2sc3c(c2c1=O)CC(C)(C)OC3. The zero-order valence-corrected chi connectivity index (χ0v) is 19.5. The van der Waals surface area contributed by atoms with Crippen LogP contribution in [0.15, 0.2) is 46.9 Å². The molecule has 4 rings (SSSR count). The summed E-state index contributed by atoms with van der Waals surface area (Å²) in [5.74, 6) is 0.0125. The molecule has 0 aliphatic carbocycles. The number of fused-ring (bicyclic) bond motifs is 3. The van der Waals surface area contributed by atoms with Crippen molar-refractivity contribution in [2.75, 3.05) is 11.1 Å². The molecule has 0 saturated carbocycles. The van der Waals surface area contributed by atoms with E-state index in [1.807, 2.05) is 45.0 Å². The zero-order chi connectivity index (χ0) is 22.2. The first-order valence-electron chi connectivity index (χ1n) is 10.1. The number of nitrogens with zero attached hydrogens (tertiary/aromatic N) is 2. The summed E-state index contributed by atoms with van der Waals surface area (Å²) < 4.78 is 7.52. The van der Waals surface area contributed by atoms with Crippen molar-refractivity contribution < 1.29 is 9.53 Å². The zero-order valence-electron chi connectivity index (χ0n) is 17.9. The summed E-state index contributed by atoms with van der Waals surface area (Å²) >= 11 is 2.76. The molecule has 1 N–H and O–H groups in total. The average Bonchev–Trinajstić information content (AvgIpc) is 3.07. The van der Waals surface area contributed by atoms with E-state index in [1.54, 1.807) is 10.6 Å². The number of hydrogen-bond acceptors (Lipinski definition) is 6. The molecule has 0 spiro atoms. The Morgan fingerprint density at radius 3 is 2.84 bits per heavy atom. The minimum absolute atomic E-state index is 0.0819. The van der Waals surface area contributed by atoms with Gasteiger partial charge in [0, 0.05) is 23.5 Å². The number of amides is 1. The van der Waals surface area contributed by atoms with Gasteiger partial charge in [-0.2, -0.15) is 0 Å². The minimum atomic E-state index is -0.307. The first kappa shape index (κ1) is 21.8. The lowest BCUT2D eigenvalue weighted by Crippen LogP contribution is -2.32. The van der Waals surface area contributed by atoms with Gasteiger partial charge >= 0.3 is 0 Å². The third-order valence-electron chi connectivity index (χ3n) is 5.14. The van der Waals surface area contributed by atoms with E-state index in [1.165, 1.54) is 23.1 Å². The maximum absolute atomic E-state index is 13.4. The predicted octanol–water partition coefficient (Wildman–Crippen LogP) is 4.53. The Hall–Kier alpha value is -2.42. The predicted molar refractivity (Wildman–Crippen MR) is 127 cm³/mol. The third-order valence-corrected chi connectivity index (χ3v) is 7.21. The second kappa shape index (κ2) is 8.61. The molecule has 0 saturated heterocycles. The smallest absolute Gasteiger partial charge is 0.263 e. The number of benzene rings is 1. The van der Waals surface area contributed by atoms with Crippen LogP contribution in [0, 0.1) is 6.92 Å². The first-order valence-corrected chi connectivity index (χ1v) is 11.9. The molecule has 0 bridgehead atoms. The summed E-state index contributed by atoms with van der Waals surface area (Å²) in [5.41, 5.74) is 2.53. The van der Waals surface area contributed by atoms with Gasteiger partial charge in [0.15, 0.2) is 5.16 Å². The summed E-state index contributed by atoms with van der Waals surface area (Å²) in [5, 5.41) is 4.08. The highest BCUT2D eigenvalue weighted by Gasteiger charge is 2.31. The van der Waals surface area contributed by atoms with Gasteiger partial charge in [0.2, 0.25) is 5.91 Å². The highest BCUT2D eigenvalue weighted by molar-refractivity contribution is 7.99. The van der Waals surface area contributed by atoms with Crippen LogP contribution in [-0.4, -0.2) is 26.8 Å². The van der Waals surface area contributed by atoms with Crippen LogP contribution in [0.3, 0.4) is 0 Å². The van der Waals surface area contributed by atoms with E-state index in [4.69, 9.17) is 9.72 Å². The molecule has 1 aliphatic rings. The van der Waals surface area contributed by atoms with Crippen LogP contribution in [0.5, 0.6) is 0 Å². The quantitative estimate of drug-likeness (QED) is 0.336. The van der Waals surface area contributed by atoms with E-state index in [2.05, 4.69) is 11.9 Å². The molecule has 3 heterocycles. The Kier molecular flexibility index (Phi) is 6.05. The Labute approximate surface area is 189 Å². The third kappa shape index (κ3) is 4.61. The van der Waals surface area contributed by atoms with Gasteiger partial charge < -0.3 is 10.1 Å². The number of thiophene rings is 1. The number of hydrogen-bond donors (Lipinski definition) is 1. The molecular formula is C23H25N3O3S2. The number of carbonyl (C=O) groups excluding carboxylic acids is 1. The lowest BCUT2D eigenvalue weighted by atomic mass is 9.94. The van der Waals surface area contributed by atoms with Crippen molar-refractivity contribution in [2.24, 2.45) is 0 Å². The summed E-state index contributed by atoms with van der Waals surface area (Å²) in [6.45, 7) is 10.7. The van der Waals surface area contributed by atoms with E-state index < -0.39 is 0 Å². The number of aromatic nitrogens is 2. The van der Waals surface area contributed by atoms with E-state index in [9.17, 15) is 9.59 Å². The Bertz CT molecular complexity index is 1210. The van der Waals surface area contributed by atoms with Crippen LogP contribution < -0.4 is 10.9 Å². The van der Waals surface area contributed by atoms with Gasteiger partial charge in [-0.15, -0.1) is 17.9 Å². The van der Waals surface area contributed by atoms with Crippen LogP contribution in [-0.2, 0) is 29.1 Å². The van der Waals surface area contributed by atoms with E-state index in [0.717, 1.165) is 21.7 Å². The fourth-order valence-corrected chi connectivity index (χ4v) is 5.52. The lowest BCUT2D eigenvalue weighted by Gasteiger charge is -2.29. The molecule has 0 fully saturated rings. The molecular weight excluding hydrogens is 430 g/mol. The van der Waals surface area contributed by atoms with Crippen molar-refractivity contribution in [1.29, 1.82) is 0 Å². The fraction of sp³-hybridized carbons (Fsp3) is 0.348. The van der Waals surface area contributed by atoms with Crippen LogP contribution in [0.1, 0.15) is 29.9 Å². The van der Waals surface area contributed by atoms with Crippen molar-refractivity contribution >= 4 is 44.9 Å². The Morgan fingerprint density at radius 2 is 2.13 bits per heavy atom. The highest BCUT2D eigenvalue weighted by Crippen LogP contribution is 2.37. The second-order valence-corrected chi connectivity index (χ2v) is 10.2. The summed E-state index contributed by atoms with van der Waals surface area (Å²) in [7, 11) is 0. The minimum Gasteiger partial charge on any atom is -0.370 e. The molecule has 1 aliphatic heterocycles. The normalized spacial score (nSPS) is 14.9. The van der Waals surface area contributed by atoms with E-state index in [0.29, 0.717) is 34.9 Å². The number of aryl methyl sites for hydroxylation is 1.